The van der Waals surface area contributed by atoms with E-state index < -0.39 is 23.7 Å². The van der Waals surface area contributed by atoms with Gasteiger partial charge in [0.05, 0.1) is 0 Å². The number of hydrogen-bond donors (Lipinski definition) is 2. The quantitative estimate of drug-likeness (QED) is 0.570. The number of nitrogens with two attached hydrogens (primary N) is 2. The molecule has 72 valence electrons. The monoisotopic (exact) mass is 194 g/mol. The van der Waals surface area contributed by atoms with Gasteiger partial charge < -0.3 is 11.5 Å². The molecule has 0 bridgehead atoms. The van der Waals surface area contributed by atoms with Crippen LogP contribution in [0, 0.1) is 0 Å². The van der Waals surface area contributed by atoms with E-state index in [4.69, 9.17) is 0 Å². The Morgan fingerprint density at radius 3 is 0.917 bits per heavy atom. The minimum atomic E-state index is -5.25. The lowest BCUT2D eigenvalue weighted by atomic mass is 10.3. The molecular weight excluding hydrogens is 190 g/mol. The standard InChI is InChI=1S/C4H4F6N2/c5-3(6,7)1(11)2(12)4(8,9)10/h11-12H2/b2-1-. The largest absolute Gasteiger partial charge is 0.432 e. The number of allylic oxidation sites excluding steroid dienone is 2. The van der Waals surface area contributed by atoms with Crippen LogP contribution in [0.25, 0.3) is 0 Å². The maximum atomic E-state index is 11.5. The molecule has 0 saturated heterocycles. The summed E-state index contributed by atoms with van der Waals surface area (Å²) in [5, 5.41) is 0. The van der Waals surface area contributed by atoms with Crippen LogP contribution < -0.4 is 11.5 Å². The van der Waals surface area contributed by atoms with Crippen molar-refractivity contribution < 1.29 is 26.3 Å². The van der Waals surface area contributed by atoms with Gasteiger partial charge in [-0.25, -0.2) is 0 Å². The molecule has 0 aliphatic heterocycles. The second-order valence-electron chi connectivity index (χ2n) is 1.82. The van der Waals surface area contributed by atoms with Gasteiger partial charge in [0.15, 0.2) is 0 Å². The summed E-state index contributed by atoms with van der Waals surface area (Å²) in [6.45, 7) is 0. The number of rotatable bonds is 0. The third kappa shape index (κ3) is 2.51. The first-order chi connectivity index (χ1) is 5.07. The number of hydrogen-bond acceptors (Lipinski definition) is 2. The molecule has 0 aromatic rings. The van der Waals surface area contributed by atoms with E-state index in [1.807, 2.05) is 0 Å². The zero-order chi connectivity index (χ0) is 10.2. The molecule has 0 saturated carbocycles. The summed E-state index contributed by atoms with van der Waals surface area (Å²) in [7, 11) is 0. The van der Waals surface area contributed by atoms with E-state index in [0.717, 1.165) is 0 Å². The van der Waals surface area contributed by atoms with Crippen LogP contribution in [0.1, 0.15) is 0 Å². The Balaban J connectivity index is 4.96. The molecule has 0 radical (unpaired) electrons. The molecule has 0 aliphatic rings. The van der Waals surface area contributed by atoms with Crippen molar-refractivity contribution >= 4 is 0 Å². The van der Waals surface area contributed by atoms with Crippen LogP contribution in [-0.4, -0.2) is 12.4 Å². The van der Waals surface area contributed by atoms with Crippen LogP contribution in [0.15, 0.2) is 11.4 Å². The highest BCUT2D eigenvalue weighted by Crippen LogP contribution is 2.30. The van der Waals surface area contributed by atoms with Crippen molar-refractivity contribution in [3.63, 3.8) is 0 Å². The minimum Gasteiger partial charge on any atom is -0.393 e. The Labute approximate surface area is 62.8 Å². The second-order valence-corrected chi connectivity index (χ2v) is 1.82. The molecule has 4 N–H and O–H groups in total. The van der Waals surface area contributed by atoms with Crippen molar-refractivity contribution in [1.29, 1.82) is 0 Å². The lowest BCUT2D eigenvalue weighted by Crippen LogP contribution is -2.31. The van der Waals surface area contributed by atoms with Gasteiger partial charge in [0.25, 0.3) is 0 Å². The average molecular weight is 194 g/mol. The van der Waals surface area contributed by atoms with E-state index in [-0.39, 0.29) is 0 Å². The molecule has 0 aliphatic carbocycles. The number of halogens is 6. The SMILES string of the molecule is N/C(=C(\N)C(F)(F)F)C(F)(F)F. The molecule has 0 fully saturated rings. The van der Waals surface area contributed by atoms with Crippen molar-refractivity contribution in [3.8, 4) is 0 Å². The molecule has 0 atom stereocenters. The summed E-state index contributed by atoms with van der Waals surface area (Å²) >= 11 is 0. The van der Waals surface area contributed by atoms with Crippen LogP contribution in [0.2, 0.25) is 0 Å². The summed E-state index contributed by atoms with van der Waals surface area (Å²) < 4.78 is 68.8. The van der Waals surface area contributed by atoms with Crippen molar-refractivity contribution in [2.24, 2.45) is 11.5 Å². The van der Waals surface area contributed by atoms with Gasteiger partial charge in [-0.05, 0) is 0 Å². The molecule has 0 aromatic heterocycles. The predicted molar refractivity (Wildman–Crippen MR) is 27.5 cm³/mol. The summed E-state index contributed by atoms with van der Waals surface area (Å²) in [5.74, 6) is 0. The molecule has 2 nitrogen and oxygen atoms in total. The highest BCUT2D eigenvalue weighted by atomic mass is 19.4. The highest BCUT2D eigenvalue weighted by Gasteiger charge is 2.42. The van der Waals surface area contributed by atoms with Crippen LogP contribution in [0.3, 0.4) is 0 Å². The first-order valence-corrected chi connectivity index (χ1v) is 2.46. The van der Waals surface area contributed by atoms with E-state index in [1.165, 1.54) is 0 Å². The van der Waals surface area contributed by atoms with E-state index in [9.17, 15) is 26.3 Å². The molecule has 0 unspecified atom stereocenters. The molecule has 0 heterocycles. The first kappa shape index (κ1) is 10.9. The molecular formula is C4H4F6N2. The van der Waals surface area contributed by atoms with Gasteiger partial charge in [0.1, 0.15) is 11.4 Å². The van der Waals surface area contributed by atoms with Crippen LogP contribution in [0.5, 0.6) is 0 Å². The normalized spacial score (nSPS) is 15.8. The second kappa shape index (κ2) is 2.76. The third-order valence-corrected chi connectivity index (χ3v) is 0.901. The fraction of sp³-hybridized carbons (Fsp3) is 0.500. The van der Waals surface area contributed by atoms with Crippen molar-refractivity contribution in [2.45, 2.75) is 12.4 Å². The Hall–Kier alpha value is -1.08. The van der Waals surface area contributed by atoms with Crippen LogP contribution >= 0.6 is 0 Å². The topological polar surface area (TPSA) is 52.0 Å². The zero-order valence-corrected chi connectivity index (χ0v) is 5.42. The van der Waals surface area contributed by atoms with Crippen molar-refractivity contribution in [1.82, 2.24) is 0 Å². The molecule has 8 heteroatoms. The number of alkyl halides is 6. The third-order valence-electron chi connectivity index (χ3n) is 0.901. The van der Waals surface area contributed by atoms with E-state index >= 15 is 0 Å². The molecule has 0 amide bonds. The van der Waals surface area contributed by atoms with E-state index in [1.54, 1.807) is 0 Å². The van der Waals surface area contributed by atoms with Crippen LogP contribution in [0.4, 0.5) is 26.3 Å². The van der Waals surface area contributed by atoms with Gasteiger partial charge in [-0.3, -0.25) is 0 Å². The van der Waals surface area contributed by atoms with E-state index in [2.05, 4.69) is 11.5 Å². The van der Waals surface area contributed by atoms with Crippen molar-refractivity contribution in [2.75, 3.05) is 0 Å². The fourth-order valence-electron chi connectivity index (χ4n) is 0.305. The minimum absolute atomic E-state index is 2.32. The van der Waals surface area contributed by atoms with Gasteiger partial charge >= 0.3 is 12.4 Å². The average Bonchev–Trinajstić information content (AvgIpc) is 1.80. The van der Waals surface area contributed by atoms with Crippen LogP contribution in [-0.2, 0) is 0 Å². The Kier molecular flexibility index (Phi) is 2.51. The van der Waals surface area contributed by atoms with Gasteiger partial charge in [0.2, 0.25) is 0 Å². The highest BCUT2D eigenvalue weighted by molar-refractivity contribution is 5.16. The fourth-order valence-corrected chi connectivity index (χ4v) is 0.305. The Bertz CT molecular complexity index is 177. The summed E-state index contributed by atoms with van der Waals surface area (Å²) in [6, 6.07) is 0. The zero-order valence-electron chi connectivity index (χ0n) is 5.42. The van der Waals surface area contributed by atoms with Gasteiger partial charge in [-0.1, -0.05) is 0 Å². The van der Waals surface area contributed by atoms with E-state index in [0.29, 0.717) is 0 Å². The summed E-state index contributed by atoms with van der Waals surface area (Å²) in [5.41, 5.74) is 3.53. The molecule has 0 rings (SSSR count). The first-order valence-electron chi connectivity index (χ1n) is 2.46. The summed E-state index contributed by atoms with van der Waals surface area (Å²) in [6.07, 6.45) is -10.5. The Morgan fingerprint density at radius 2 is 0.833 bits per heavy atom. The molecule has 12 heavy (non-hydrogen) atoms. The molecule has 0 aromatic carbocycles. The smallest absolute Gasteiger partial charge is 0.393 e. The van der Waals surface area contributed by atoms with Crippen molar-refractivity contribution in [3.05, 3.63) is 11.4 Å². The maximum Gasteiger partial charge on any atom is 0.432 e. The Morgan fingerprint density at radius 1 is 0.667 bits per heavy atom. The van der Waals surface area contributed by atoms with Gasteiger partial charge in [0, 0.05) is 0 Å². The lowest BCUT2D eigenvalue weighted by Gasteiger charge is -2.12. The van der Waals surface area contributed by atoms with Gasteiger partial charge in [-0.15, -0.1) is 0 Å². The molecule has 0 spiro atoms. The van der Waals surface area contributed by atoms with Gasteiger partial charge in [-0.2, -0.15) is 26.3 Å². The predicted octanol–water partition coefficient (Wildman–Crippen LogP) is 1.24. The summed E-state index contributed by atoms with van der Waals surface area (Å²) in [4.78, 5) is 0. The lowest BCUT2D eigenvalue weighted by molar-refractivity contribution is -0.116. The maximum absolute atomic E-state index is 11.5.